The lowest BCUT2D eigenvalue weighted by Gasteiger charge is -2.29. The van der Waals surface area contributed by atoms with Crippen LogP contribution in [-0.2, 0) is 17.5 Å². The Morgan fingerprint density at radius 3 is 2.44 bits per heavy atom. The highest BCUT2D eigenvalue weighted by Crippen LogP contribution is 2.36. The Bertz CT molecular complexity index is 983. The van der Waals surface area contributed by atoms with Crippen LogP contribution in [0.25, 0.3) is 0 Å². The predicted molar refractivity (Wildman–Crippen MR) is 117 cm³/mol. The smallest absolute Gasteiger partial charge is 0.340 e. The van der Waals surface area contributed by atoms with Crippen LogP contribution in [0.15, 0.2) is 36.4 Å². The molecule has 174 valence electrons. The first-order chi connectivity index (χ1) is 15.0. The number of halogens is 6. The Morgan fingerprint density at radius 2 is 1.84 bits per heavy atom. The Balaban J connectivity index is 1.85. The quantitative estimate of drug-likeness (QED) is 0.438. The third-order valence-electron chi connectivity index (χ3n) is 5.81. The highest BCUT2D eigenvalue weighted by molar-refractivity contribution is 6.42. The molecule has 1 aliphatic heterocycles. The molecule has 2 aromatic carbocycles. The van der Waals surface area contributed by atoms with Crippen molar-refractivity contribution in [3.05, 3.63) is 69.0 Å². The largest absolute Gasteiger partial charge is 0.419 e. The van der Waals surface area contributed by atoms with Gasteiger partial charge in [-0.3, -0.25) is 9.69 Å². The van der Waals surface area contributed by atoms with Crippen molar-refractivity contribution in [2.45, 2.75) is 44.4 Å². The van der Waals surface area contributed by atoms with Gasteiger partial charge in [0, 0.05) is 38.0 Å². The van der Waals surface area contributed by atoms with E-state index in [1.165, 1.54) is 6.07 Å². The van der Waals surface area contributed by atoms with Gasteiger partial charge in [0.25, 0.3) is 0 Å². The van der Waals surface area contributed by atoms with Crippen LogP contribution in [0.2, 0.25) is 10.0 Å². The molecule has 1 aliphatic rings. The molecule has 1 fully saturated rings. The summed E-state index contributed by atoms with van der Waals surface area (Å²) in [5.74, 6) is -1.32. The molecular weight excluding hydrogens is 467 g/mol. The van der Waals surface area contributed by atoms with Crippen LogP contribution in [0.5, 0.6) is 0 Å². The fraction of sp³-hybridized carbons (Fsp3) is 0.435. The number of benzene rings is 2. The lowest BCUT2D eigenvalue weighted by atomic mass is 9.93. The van der Waals surface area contributed by atoms with Crippen molar-refractivity contribution in [2.24, 2.45) is 0 Å². The first kappa shape index (κ1) is 24.8. The Morgan fingerprint density at radius 1 is 1.12 bits per heavy atom. The van der Waals surface area contributed by atoms with E-state index in [2.05, 4.69) is 0 Å². The van der Waals surface area contributed by atoms with E-state index in [-0.39, 0.29) is 24.4 Å². The second-order valence-electron chi connectivity index (χ2n) is 8.12. The number of carbonyl (C=O) groups excluding carboxylic acids is 1. The van der Waals surface area contributed by atoms with E-state index in [0.717, 1.165) is 24.1 Å². The third kappa shape index (κ3) is 5.56. The SMILES string of the molecule is CCCC(=O)N1C[C@H](c2ccc(Cl)c(Cl)c2)[C@@H](N(C)Cc2ccc(C(F)(F)F)c(F)c2)C1. The molecule has 0 radical (unpaired) electrons. The molecule has 1 amide bonds. The summed E-state index contributed by atoms with van der Waals surface area (Å²) in [6.45, 7) is 3.12. The van der Waals surface area contributed by atoms with Crippen molar-refractivity contribution in [1.29, 1.82) is 0 Å². The fourth-order valence-corrected chi connectivity index (χ4v) is 4.48. The number of likely N-dealkylation sites (tertiary alicyclic amines) is 1. The van der Waals surface area contributed by atoms with E-state index in [1.54, 1.807) is 17.0 Å². The number of hydrogen-bond acceptors (Lipinski definition) is 2. The van der Waals surface area contributed by atoms with Gasteiger partial charge in [-0.2, -0.15) is 13.2 Å². The van der Waals surface area contributed by atoms with Gasteiger partial charge < -0.3 is 4.90 Å². The molecule has 0 N–H and O–H groups in total. The molecule has 0 saturated carbocycles. The van der Waals surface area contributed by atoms with E-state index >= 15 is 0 Å². The second kappa shape index (κ2) is 9.98. The third-order valence-corrected chi connectivity index (χ3v) is 6.55. The highest BCUT2D eigenvalue weighted by atomic mass is 35.5. The summed E-state index contributed by atoms with van der Waals surface area (Å²) in [5, 5.41) is 0.839. The monoisotopic (exact) mass is 490 g/mol. The van der Waals surface area contributed by atoms with Crippen molar-refractivity contribution < 1.29 is 22.4 Å². The lowest BCUT2D eigenvalue weighted by molar-refractivity contribution is -0.140. The lowest BCUT2D eigenvalue weighted by Crippen LogP contribution is -2.38. The van der Waals surface area contributed by atoms with Crippen molar-refractivity contribution in [3.8, 4) is 0 Å². The molecule has 0 spiro atoms. The minimum absolute atomic E-state index is 0.0500. The number of amides is 1. The number of rotatable bonds is 6. The molecule has 1 heterocycles. The Hall–Kier alpha value is -1.83. The summed E-state index contributed by atoms with van der Waals surface area (Å²) in [4.78, 5) is 16.3. The van der Waals surface area contributed by atoms with Crippen LogP contribution in [-0.4, -0.2) is 41.9 Å². The molecule has 32 heavy (non-hydrogen) atoms. The van der Waals surface area contributed by atoms with E-state index in [0.29, 0.717) is 35.1 Å². The van der Waals surface area contributed by atoms with E-state index in [4.69, 9.17) is 23.2 Å². The van der Waals surface area contributed by atoms with Crippen LogP contribution in [0, 0.1) is 5.82 Å². The number of hydrogen-bond donors (Lipinski definition) is 0. The first-order valence-electron chi connectivity index (χ1n) is 10.3. The average molecular weight is 491 g/mol. The molecule has 0 aromatic heterocycles. The van der Waals surface area contributed by atoms with Crippen molar-refractivity contribution >= 4 is 29.1 Å². The van der Waals surface area contributed by atoms with Gasteiger partial charge in [0.05, 0.1) is 15.6 Å². The standard InChI is InChI=1S/C23H24Cl2F4N2O/c1-3-4-22(32)31-12-16(15-6-8-18(24)19(25)10-15)21(13-31)30(2)11-14-5-7-17(20(26)9-14)23(27,28)29/h5-10,16,21H,3-4,11-13H2,1-2H3/t16-,21+/m1/s1. The number of carbonyl (C=O) groups is 1. The zero-order valence-corrected chi connectivity index (χ0v) is 19.2. The zero-order valence-electron chi connectivity index (χ0n) is 17.7. The van der Waals surface area contributed by atoms with Crippen molar-refractivity contribution in [3.63, 3.8) is 0 Å². The fourth-order valence-electron chi connectivity index (χ4n) is 4.17. The topological polar surface area (TPSA) is 23.6 Å². The van der Waals surface area contributed by atoms with Gasteiger partial charge in [0.1, 0.15) is 5.82 Å². The number of likely N-dealkylation sites (N-methyl/N-ethyl adjacent to an activating group) is 1. The summed E-state index contributed by atoms with van der Waals surface area (Å²) in [5.41, 5.74) is 0.0562. The summed E-state index contributed by atoms with van der Waals surface area (Å²) in [7, 11) is 1.82. The van der Waals surface area contributed by atoms with Gasteiger partial charge in [-0.25, -0.2) is 4.39 Å². The number of nitrogens with zero attached hydrogens (tertiary/aromatic N) is 2. The molecule has 0 bridgehead atoms. The maximum atomic E-state index is 14.0. The van der Waals surface area contributed by atoms with Gasteiger partial charge in [-0.15, -0.1) is 0 Å². The van der Waals surface area contributed by atoms with Crippen LogP contribution < -0.4 is 0 Å². The first-order valence-corrected chi connectivity index (χ1v) is 11.1. The van der Waals surface area contributed by atoms with Crippen LogP contribution in [0.3, 0.4) is 0 Å². The molecule has 3 nitrogen and oxygen atoms in total. The minimum atomic E-state index is -4.74. The summed E-state index contributed by atoms with van der Waals surface area (Å²) in [6, 6.07) is 8.19. The highest BCUT2D eigenvalue weighted by Gasteiger charge is 2.38. The Labute approximate surface area is 194 Å². The maximum Gasteiger partial charge on any atom is 0.419 e. The zero-order chi connectivity index (χ0) is 23.6. The summed E-state index contributed by atoms with van der Waals surface area (Å²) < 4.78 is 52.6. The molecule has 2 aromatic rings. The van der Waals surface area contributed by atoms with Gasteiger partial charge in [0.2, 0.25) is 5.91 Å². The molecule has 3 rings (SSSR count). The predicted octanol–water partition coefficient (Wildman–Crippen LogP) is 6.38. The van der Waals surface area contributed by atoms with Crippen molar-refractivity contribution in [1.82, 2.24) is 9.80 Å². The van der Waals surface area contributed by atoms with E-state index < -0.39 is 17.6 Å². The molecule has 9 heteroatoms. The summed E-state index contributed by atoms with van der Waals surface area (Å²) in [6.07, 6.45) is -3.56. The normalized spacial score (nSPS) is 19.1. The molecule has 2 atom stereocenters. The van der Waals surface area contributed by atoms with Gasteiger partial charge in [0.15, 0.2) is 0 Å². The average Bonchev–Trinajstić information content (AvgIpc) is 3.15. The second-order valence-corrected chi connectivity index (χ2v) is 8.94. The van der Waals surface area contributed by atoms with E-state index in [9.17, 15) is 22.4 Å². The molecule has 1 saturated heterocycles. The minimum Gasteiger partial charge on any atom is -0.340 e. The maximum absolute atomic E-state index is 14.0. The molecule has 0 aliphatic carbocycles. The van der Waals surface area contributed by atoms with E-state index in [1.807, 2.05) is 24.9 Å². The molecular formula is C23H24Cl2F4N2O. The molecule has 0 unspecified atom stereocenters. The van der Waals surface area contributed by atoms with Gasteiger partial charge >= 0.3 is 6.18 Å². The summed E-state index contributed by atoms with van der Waals surface area (Å²) >= 11 is 12.3. The van der Waals surface area contributed by atoms with Crippen LogP contribution in [0.4, 0.5) is 17.6 Å². The Kier molecular flexibility index (Phi) is 7.73. The van der Waals surface area contributed by atoms with Gasteiger partial charge in [-0.05, 0) is 48.9 Å². The van der Waals surface area contributed by atoms with Crippen molar-refractivity contribution in [2.75, 3.05) is 20.1 Å². The van der Waals surface area contributed by atoms with Crippen LogP contribution in [0.1, 0.15) is 42.4 Å². The van der Waals surface area contributed by atoms with Gasteiger partial charge in [-0.1, -0.05) is 42.3 Å². The number of alkyl halides is 3. The van der Waals surface area contributed by atoms with Crippen LogP contribution >= 0.6 is 23.2 Å².